The maximum absolute atomic E-state index is 11.5. The summed E-state index contributed by atoms with van der Waals surface area (Å²) in [6.07, 6.45) is 5.21. The van der Waals surface area contributed by atoms with Crippen LogP contribution in [0, 0.1) is 0 Å². The summed E-state index contributed by atoms with van der Waals surface area (Å²) in [5.74, 6) is 0.0709. The number of hydrogen-bond acceptors (Lipinski definition) is 5. The van der Waals surface area contributed by atoms with Gasteiger partial charge in [0.05, 0.1) is 6.21 Å². The van der Waals surface area contributed by atoms with Crippen LogP contribution in [0.4, 0.5) is 0 Å². The minimum atomic E-state index is -0.152. The molecular formula is C8H14N4OS. The van der Waals surface area contributed by atoms with E-state index in [1.807, 2.05) is 6.92 Å². The molecule has 0 spiro atoms. The van der Waals surface area contributed by atoms with Gasteiger partial charge in [0.15, 0.2) is 0 Å². The third-order valence-corrected chi connectivity index (χ3v) is 2.50. The van der Waals surface area contributed by atoms with Gasteiger partial charge >= 0.3 is 0 Å². The monoisotopic (exact) mass is 214 g/mol. The quantitative estimate of drug-likeness (QED) is 0.692. The summed E-state index contributed by atoms with van der Waals surface area (Å²) >= 11 is 1.34. The molecule has 0 aromatic heterocycles. The number of amides is 1. The van der Waals surface area contributed by atoms with Crippen molar-refractivity contribution in [2.24, 2.45) is 5.10 Å². The van der Waals surface area contributed by atoms with Crippen LogP contribution in [0.3, 0.4) is 0 Å². The molecule has 6 heteroatoms. The van der Waals surface area contributed by atoms with Crippen molar-refractivity contribution in [2.75, 3.05) is 14.1 Å². The molecule has 0 saturated heterocycles. The summed E-state index contributed by atoms with van der Waals surface area (Å²) in [4.78, 5) is 13.1. The zero-order valence-electron chi connectivity index (χ0n) is 8.47. The number of hydrogen-bond donors (Lipinski definition) is 1. The van der Waals surface area contributed by atoms with E-state index in [1.54, 1.807) is 42.0 Å². The number of allylic oxidation sites excluding steroid dienone is 1. The second-order valence-corrected chi connectivity index (χ2v) is 4.27. The number of nitrogens with zero attached hydrogens (tertiary/aromatic N) is 3. The first-order chi connectivity index (χ1) is 6.61. The van der Waals surface area contributed by atoms with E-state index in [-0.39, 0.29) is 11.2 Å². The van der Waals surface area contributed by atoms with Gasteiger partial charge in [-0.1, -0.05) is 0 Å². The van der Waals surface area contributed by atoms with E-state index in [1.165, 1.54) is 11.9 Å². The lowest BCUT2D eigenvalue weighted by Crippen LogP contribution is -2.34. The van der Waals surface area contributed by atoms with Crippen molar-refractivity contribution in [3.05, 3.63) is 12.3 Å². The Morgan fingerprint density at radius 3 is 2.86 bits per heavy atom. The van der Waals surface area contributed by atoms with Gasteiger partial charge in [-0.05, 0) is 13.0 Å². The van der Waals surface area contributed by atoms with E-state index in [9.17, 15) is 4.79 Å². The highest BCUT2D eigenvalue weighted by molar-refractivity contribution is 7.98. The van der Waals surface area contributed by atoms with Gasteiger partial charge in [0, 0.05) is 32.2 Å². The molecule has 1 rings (SSSR count). The Balaban J connectivity index is 2.40. The van der Waals surface area contributed by atoms with Crippen molar-refractivity contribution >= 4 is 24.1 Å². The van der Waals surface area contributed by atoms with Crippen LogP contribution >= 0.6 is 11.9 Å². The zero-order valence-corrected chi connectivity index (χ0v) is 9.28. The first kappa shape index (κ1) is 10.9. The lowest BCUT2D eigenvalue weighted by molar-refractivity contribution is -0.127. The van der Waals surface area contributed by atoms with Crippen molar-refractivity contribution in [1.29, 1.82) is 0 Å². The third-order valence-electron chi connectivity index (χ3n) is 1.59. The molecule has 1 unspecified atom stereocenters. The number of carbonyl (C=O) groups is 1. The highest BCUT2D eigenvalue weighted by Gasteiger charge is 2.18. The van der Waals surface area contributed by atoms with Crippen molar-refractivity contribution < 1.29 is 4.79 Å². The van der Waals surface area contributed by atoms with E-state index in [0.29, 0.717) is 0 Å². The van der Waals surface area contributed by atoms with E-state index >= 15 is 0 Å². The molecular weight excluding hydrogens is 200 g/mol. The Morgan fingerprint density at radius 1 is 1.64 bits per heavy atom. The van der Waals surface area contributed by atoms with Crippen molar-refractivity contribution in [2.45, 2.75) is 12.2 Å². The Hall–Kier alpha value is -1.17. The van der Waals surface area contributed by atoms with E-state index in [4.69, 9.17) is 0 Å². The first-order valence-corrected chi connectivity index (χ1v) is 5.08. The molecule has 0 bridgehead atoms. The zero-order chi connectivity index (χ0) is 10.6. The van der Waals surface area contributed by atoms with Crippen LogP contribution in [0.2, 0.25) is 0 Å². The summed E-state index contributed by atoms with van der Waals surface area (Å²) in [5, 5.41) is 3.86. The largest absolute Gasteiger partial charge is 0.348 e. The second kappa shape index (κ2) is 4.90. The molecule has 1 heterocycles. The Kier molecular flexibility index (Phi) is 3.82. The van der Waals surface area contributed by atoms with Crippen molar-refractivity contribution in [3.8, 4) is 0 Å². The fourth-order valence-electron chi connectivity index (χ4n) is 0.898. The molecule has 1 atom stereocenters. The highest BCUT2D eigenvalue weighted by Crippen LogP contribution is 2.17. The highest BCUT2D eigenvalue weighted by atomic mass is 32.2. The van der Waals surface area contributed by atoms with Gasteiger partial charge in [-0.2, -0.15) is 5.10 Å². The van der Waals surface area contributed by atoms with Gasteiger partial charge in [-0.3, -0.25) is 10.2 Å². The number of hydrazine groups is 1. The van der Waals surface area contributed by atoms with Gasteiger partial charge in [0.1, 0.15) is 5.25 Å². The fraction of sp³-hybridized carbons (Fsp3) is 0.500. The maximum atomic E-state index is 11.5. The molecule has 0 aromatic carbocycles. The van der Waals surface area contributed by atoms with Crippen molar-refractivity contribution in [3.63, 3.8) is 0 Å². The predicted molar refractivity (Wildman–Crippen MR) is 58.4 cm³/mol. The van der Waals surface area contributed by atoms with Crippen LogP contribution in [0.5, 0.6) is 0 Å². The van der Waals surface area contributed by atoms with E-state index in [2.05, 4.69) is 10.5 Å². The van der Waals surface area contributed by atoms with Gasteiger partial charge in [0.25, 0.3) is 0 Å². The Morgan fingerprint density at radius 2 is 2.36 bits per heavy atom. The van der Waals surface area contributed by atoms with Crippen LogP contribution < -0.4 is 5.43 Å². The summed E-state index contributed by atoms with van der Waals surface area (Å²) < 4.78 is 1.56. The van der Waals surface area contributed by atoms with Crippen LogP contribution in [0.1, 0.15) is 6.92 Å². The molecule has 5 nitrogen and oxygen atoms in total. The smallest absolute Gasteiger partial charge is 0.236 e. The van der Waals surface area contributed by atoms with Crippen LogP contribution in [-0.4, -0.2) is 40.9 Å². The topological polar surface area (TPSA) is 47.9 Å². The molecule has 0 fully saturated rings. The molecule has 0 saturated carbocycles. The van der Waals surface area contributed by atoms with Gasteiger partial charge in [-0.25, -0.2) is 0 Å². The molecule has 14 heavy (non-hydrogen) atoms. The SMILES string of the molecule is CC(SN1N=CC=CN1)C(=O)N(C)C. The van der Waals surface area contributed by atoms with Crippen LogP contribution in [0.25, 0.3) is 0 Å². The van der Waals surface area contributed by atoms with E-state index in [0.717, 1.165) is 0 Å². The summed E-state index contributed by atoms with van der Waals surface area (Å²) in [5.41, 5.74) is 2.89. The predicted octanol–water partition coefficient (Wildman–Crippen LogP) is 0.431. The van der Waals surface area contributed by atoms with Crippen LogP contribution in [-0.2, 0) is 4.79 Å². The molecule has 0 aromatic rings. The normalized spacial score (nSPS) is 16.4. The van der Waals surface area contributed by atoms with Gasteiger partial charge < -0.3 is 4.90 Å². The third kappa shape index (κ3) is 2.95. The molecule has 1 amide bonds. The van der Waals surface area contributed by atoms with Gasteiger partial charge in [0.2, 0.25) is 5.91 Å². The molecule has 0 radical (unpaired) electrons. The van der Waals surface area contributed by atoms with Crippen molar-refractivity contribution in [1.82, 2.24) is 14.8 Å². The first-order valence-electron chi connectivity index (χ1n) is 4.24. The maximum Gasteiger partial charge on any atom is 0.236 e. The molecule has 1 aliphatic heterocycles. The average Bonchev–Trinajstić information content (AvgIpc) is 2.18. The lowest BCUT2D eigenvalue weighted by atomic mass is 10.4. The van der Waals surface area contributed by atoms with E-state index < -0.39 is 0 Å². The Labute approximate surface area is 87.9 Å². The lowest BCUT2D eigenvalue weighted by Gasteiger charge is -2.23. The van der Waals surface area contributed by atoms with Crippen LogP contribution in [0.15, 0.2) is 17.4 Å². The second-order valence-electron chi connectivity index (χ2n) is 3.01. The molecule has 1 aliphatic rings. The molecule has 78 valence electrons. The van der Waals surface area contributed by atoms with Gasteiger partial charge in [-0.15, -0.1) is 4.52 Å². The molecule has 0 aliphatic carbocycles. The standard InChI is InChI=1S/C8H14N4OS/c1-7(8(13)11(2)3)14-12-9-5-4-6-10-12/h4-7,9H,1-3H3. The minimum absolute atomic E-state index is 0.0709. The summed E-state index contributed by atoms with van der Waals surface area (Å²) in [6.45, 7) is 1.85. The molecule has 1 N–H and O–H groups in total. The number of carbonyl (C=O) groups excluding carboxylic acids is 1. The summed E-state index contributed by atoms with van der Waals surface area (Å²) in [6, 6.07) is 0. The number of rotatable bonds is 3. The fourth-order valence-corrected chi connectivity index (χ4v) is 1.73. The average molecular weight is 214 g/mol. The number of nitrogens with one attached hydrogen (secondary N) is 1. The summed E-state index contributed by atoms with van der Waals surface area (Å²) in [7, 11) is 3.48. The Bertz CT molecular complexity index is 264. The number of hydrazone groups is 1. The minimum Gasteiger partial charge on any atom is -0.348 e.